The number of hydrogen-bond acceptors (Lipinski definition) is 3. The molecule has 1 heterocycles. The Morgan fingerprint density at radius 1 is 1.04 bits per heavy atom. The molecule has 0 aromatic carbocycles. The molecular weight excluding hydrogens is 304 g/mol. The van der Waals surface area contributed by atoms with E-state index < -0.39 is 8.32 Å². The van der Waals surface area contributed by atoms with Gasteiger partial charge in [-0.1, -0.05) is 20.8 Å². The summed E-state index contributed by atoms with van der Waals surface area (Å²) in [7, 11) is -1.44. The molecule has 0 aromatic heterocycles. The van der Waals surface area contributed by atoms with Crippen molar-refractivity contribution < 1.29 is 13.9 Å². The molecule has 1 aliphatic heterocycles. The zero-order chi connectivity index (χ0) is 16.9. The van der Waals surface area contributed by atoms with Crippen LogP contribution in [0.1, 0.15) is 52.9 Å². The Bertz CT molecular complexity index is 425. The van der Waals surface area contributed by atoms with E-state index in [1.807, 2.05) is 0 Å². The molecular formula is C19H36O3Si. The van der Waals surface area contributed by atoms with Gasteiger partial charge in [-0.25, -0.2) is 0 Å². The second-order valence-electron chi connectivity index (χ2n) is 9.77. The first-order valence-corrected chi connectivity index (χ1v) is 13.0. The molecule has 4 heteroatoms. The van der Waals surface area contributed by atoms with Crippen LogP contribution in [0, 0.1) is 23.7 Å². The van der Waals surface area contributed by atoms with Crippen molar-refractivity contribution >= 4 is 8.32 Å². The molecule has 23 heavy (non-hydrogen) atoms. The van der Waals surface area contributed by atoms with E-state index in [-0.39, 0.29) is 11.4 Å². The zero-order valence-electron chi connectivity index (χ0n) is 16.0. The fourth-order valence-electron chi connectivity index (χ4n) is 5.10. The van der Waals surface area contributed by atoms with Gasteiger partial charge in [0, 0.05) is 12.8 Å². The summed E-state index contributed by atoms with van der Waals surface area (Å²) >= 11 is 0. The van der Waals surface area contributed by atoms with Crippen molar-refractivity contribution in [3.63, 3.8) is 0 Å². The van der Waals surface area contributed by atoms with Crippen molar-refractivity contribution in [2.75, 3.05) is 13.2 Å². The van der Waals surface area contributed by atoms with E-state index >= 15 is 0 Å². The summed E-state index contributed by atoms with van der Waals surface area (Å²) in [4.78, 5) is 0. The Balaban J connectivity index is 1.58. The second kappa shape index (κ2) is 6.12. The summed E-state index contributed by atoms with van der Waals surface area (Å²) in [5.74, 6) is 2.56. The van der Waals surface area contributed by atoms with Crippen molar-refractivity contribution in [3.8, 4) is 0 Å². The van der Waals surface area contributed by atoms with Gasteiger partial charge in [-0.15, -0.1) is 0 Å². The average molecular weight is 341 g/mol. The molecule has 1 saturated heterocycles. The highest BCUT2D eigenvalue weighted by Gasteiger charge is 2.63. The first kappa shape index (κ1) is 17.9. The SMILES string of the molecule is CC(C)CC1(C[C@H](C)[C@@H]2CC3CC3(O[Si](C)(C)C)C2)OCCO1. The molecule has 134 valence electrons. The molecule has 2 unspecified atom stereocenters. The minimum absolute atomic E-state index is 0.256. The Morgan fingerprint density at radius 3 is 2.26 bits per heavy atom. The molecule has 2 saturated carbocycles. The van der Waals surface area contributed by atoms with Crippen molar-refractivity contribution in [1.82, 2.24) is 0 Å². The molecule has 0 N–H and O–H groups in total. The molecule has 4 atom stereocenters. The molecule has 0 amide bonds. The maximum absolute atomic E-state index is 6.58. The number of rotatable bonds is 7. The monoisotopic (exact) mass is 340 g/mol. The highest BCUT2D eigenvalue weighted by molar-refractivity contribution is 6.69. The van der Waals surface area contributed by atoms with E-state index in [1.165, 1.54) is 19.3 Å². The fraction of sp³-hybridized carbons (Fsp3) is 1.00. The van der Waals surface area contributed by atoms with E-state index in [4.69, 9.17) is 13.9 Å². The minimum Gasteiger partial charge on any atom is -0.412 e. The zero-order valence-corrected chi connectivity index (χ0v) is 17.0. The van der Waals surface area contributed by atoms with E-state index in [0.29, 0.717) is 11.8 Å². The lowest BCUT2D eigenvalue weighted by molar-refractivity contribution is -0.182. The summed E-state index contributed by atoms with van der Waals surface area (Å²) in [6.45, 7) is 15.4. The van der Waals surface area contributed by atoms with Crippen molar-refractivity contribution in [2.24, 2.45) is 23.7 Å². The summed E-state index contributed by atoms with van der Waals surface area (Å²) in [5, 5.41) is 0. The van der Waals surface area contributed by atoms with E-state index in [2.05, 4.69) is 40.4 Å². The van der Waals surface area contributed by atoms with Gasteiger partial charge in [0.05, 0.1) is 18.8 Å². The van der Waals surface area contributed by atoms with Crippen LogP contribution in [0.4, 0.5) is 0 Å². The van der Waals surface area contributed by atoms with Crippen LogP contribution in [0.3, 0.4) is 0 Å². The number of fused-ring (bicyclic) bond motifs is 1. The molecule has 0 bridgehead atoms. The average Bonchev–Trinajstić information content (AvgIpc) is 2.75. The van der Waals surface area contributed by atoms with Gasteiger partial charge in [-0.05, 0) is 62.6 Å². The van der Waals surface area contributed by atoms with E-state index in [9.17, 15) is 0 Å². The van der Waals surface area contributed by atoms with Crippen molar-refractivity contribution in [3.05, 3.63) is 0 Å². The van der Waals surface area contributed by atoms with Crippen LogP contribution in [0.25, 0.3) is 0 Å². The molecule has 2 aliphatic carbocycles. The van der Waals surface area contributed by atoms with Gasteiger partial charge in [0.15, 0.2) is 14.1 Å². The second-order valence-corrected chi connectivity index (χ2v) is 14.2. The third-order valence-corrected chi connectivity index (χ3v) is 6.87. The third kappa shape index (κ3) is 4.02. The van der Waals surface area contributed by atoms with Crippen molar-refractivity contribution in [2.45, 2.75) is 83.9 Å². The van der Waals surface area contributed by atoms with Crippen LogP contribution in [0.2, 0.25) is 19.6 Å². The maximum atomic E-state index is 6.58. The van der Waals surface area contributed by atoms with Crippen LogP contribution in [0.5, 0.6) is 0 Å². The first-order chi connectivity index (χ1) is 10.6. The van der Waals surface area contributed by atoms with Crippen molar-refractivity contribution in [1.29, 1.82) is 0 Å². The van der Waals surface area contributed by atoms with Gasteiger partial charge >= 0.3 is 0 Å². The first-order valence-electron chi connectivity index (χ1n) is 9.61. The van der Waals surface area contributed by atoms with E-state index in [0.717, 1.165) is 37.9 Å². The van der Waals surface area contributed by atoms with Gasteiger partial charge in [0.2, 0.25) is 0 Å². The normalized spacial score (nSPS) is 37.2. The van der Waals surface area contributed by atoms with Crippen LogP contribution in [-0.4, -0.2) is 32.9 Å². The van der Waals surface area contributed by atoms with Gasteiger partial charge < -0.3 is 13.9 Å². The molecule has 0 radical (unpaired) electrons. The fourth-order valence-corrected chi connectivity index (χ4v) is 6.66. The Labute approximate surface area is 143 Å². The topological polar surface area (TPSA) is 27.7 Å². The lowest BCUT2D eigenvalue weighted by Crippen LogP contribution is -2.36. The predicted molar refractivity (Wildman–Crippen MR) is 95.9 cm³/mol. The van der Waals surface area contributed by atoms with Gasteiger partial charge in [0.25, 0.3) is 0 Å². The third-order valence-electron chi connectivity index (χ3n) is 5.85. The summed E-state index contributed by atoms with van der Waals surface area (Å²) in [5.41, 5.74) is 0.256. The van der Waals surface area contributed by atoms with Gasteiger partial charge in [-0.2, -0.15) is 0 Å². The number of hydrogen-bond donors (Lipinski definition) is 0. The highest BCUT2D eigenvalue weighted by Crippen LogP contribution is 2.63. The lowest BCUT2D eigenvalue weighted by atomic mass is 9.82. The minimum atomic E-state index is -1.44. The molecule has 3 aliphatic rings. The van der Waals surface area contributed by atoms with Crippen LogP contribution in [-0.2, 0) is 13.9 Å². The smallest absolute Gasteiger partial charge is 0.184 e. The van der Waals surface area contributed by atoms with Crippen LogP contribution in [0.15, 0.2) is 0 Å². The molecule has 3 nitrogen and oxygen atoms in total. The standard InChI is InChI=1S/C19H36O3Si/c1-14(2)10-19(20-7-8-21-19)11-15(3)16-9-17-13-18(17,12-16)22-23(4,5)6/h14-17H,7-13H2,1-6H3/t15-,16+,17?,18?/m0/s1. The summed E-state index contributed by atoms with van der Waals surface area (Å²) < 4.78 is 18.7. The molecule has 0 spiro atoms. The molecule has 0 aromatic rings. The van der Waals surface area contributed by atoms with Crippen LogP contribution >= 0.6 is 0 Å². The number of ether oxygens (including phenoxy) is 2. The molecule has 3 fully saturated rings. The van der Waals surface area contributed by atoms with E-state index in [1.54, 1.807) is 0 Å². The maximum Gasteiger partial charge on any atom is 0.184 e. The predicted octanol–water partition coefficient (Wildman–Crippen LogP) is 4.82. The van der Waals surface area contributed by atoms with Gasteiger partial charge in [0.1, 0.15) is 0 Å². The quantitative estimate of drug-likeness (QED) is 0.622. The lowest BCUT2D eigenvalue weighted by Gasteiger charge is -2.34. The Morgan fingerprint density at radius 2 is 1.70 bits per heavy atom. The largest absolute Gasteiger partial charge is 0.412 e. The van der Waals surface area contributed by atoms with Gasteiger partial charge in [-0.3, -0.25) is 0 Å². The summed E-state index contributed by atoms with van der Waals surface area (Å²) in [6.07, 6.45) is 5.99. The van der Waals surface area contributed by atoms with Crippen LogP contribution < -0.4 is 0 Å². The highest BCUT2D eigenvalue weighted by atomic mass is 28.4. The molecule has 3 rings (SSSR count). The Hall–Kier alpha value is 0.0969. The summed E-state index contributed by atoms with van der Waals surface area (Å²) in [6, 6.07) is 0. The Kier molecular flexibility index (Phi) is 4.76.